The van der Waals surface area contributed by atoms with Gasteiger partial charge in [0.2, 0.25) is 0 Å². The quantitative estimate of drug-likeness (QED) is 0.880. The normalized spacial score (nSPS) is 19.1. The van der Waals surface area contributed by atoms with Crippen LogP contribution in [0.5, 0.6) is 5.75 Å². The molecular weight excluding hydrogens is 257 g/mol. The molecule has 0 aliphatic heterocycles. The Labute approximate surface area is 112 Å². The van der Waals surface area contributed by atoms with Crippen molar-refractivity contribution in [3.05, 3.63) is 27.7 Å². The van der Waals surface area contributed by atoms with Crippen LogP contribution in [0.25, 0.3) is 0 Å². The van der Waals surface area contributed by atoms with Crippen molar-refractivity contribution in [3.63, 3.8) is 0 Å². The summed E-state index contributed by atoms with van der Waals surface area (Å²) >= 11 is 12.2. The minimum absolute atomic E-state index is 0.349. The van der Waals surface area contributed by atoms with Gasteiger partial charge >= 0.3 is 0 Å². The predicted octanol–water partition coefficient (Wildman–Crippen LogP) is 4.12. The van der Waals surface area contributed by atoms with Gasteiger partial charge in [0, 0.05) is 16.1 Å². The molecule has 94 valence electrons. The Balaban J connectivity index is 2.49. The van der Waals surface area contributed by atoms with Gasteiger partial charge in [0.05, 0.1) is 12.1 Å². The lowest BCUT2D eigenvalue weighted by atomic mass is 9.77. The molecule has 0 spiro atoms. The molecule has 1 aliphatic rings. The third-order valence-electron chi connectivity index (χ3n) is 3.49. The van der Waals surface area contributed by atoms with Crippen molar-refractivity contribution in [2.75, 3.05) is 7.11 Å². The molecule has 0 amide bonds. The summed E-state index contributed by atoms with van der Waals surface area (Å²) < 4.78 is 5.38. The summed E-state index contributed by atoms with van der Waals surface area (Å²) in [5.74, 6) is 0.667. The number of benzene rings is 1. The van der Waals surface area contributed by atoms with Crippen LogP contribution < -0.4 is 10.5 Å². The summed E-state index contributed by atoms with van der Waals surface area (Å²) in [7, 11) is 1.62. The van der Waals surface area contributed by atoms with Gasteiger partial charge < -0.3 is 10.5 Å². The zero-order valence-corrected chi connectivity index (χ0v) is 11.4. The second kappa shape index (κ2) is 5.05. The summed E-state index contributed by atoms with van der Waals surface area (Å²) in [4.78, 5) is 0. The van der Waals surface area contributed by atoms with Crippen LogP contribution in [0.4, 0.5) is 0 Å². The minimum atomic E-state index is -0.349. The van der Waals surface area contributed by atoms with Crippen molar-refractivity contribution in [2.45, 2.75) is 37.6 Å². The van der Waals surface area contributed by atoms with Gasteiger partial charge in [-0.25, -0.2) is 0 Å². The van der Waals surface area contributed by atoms with Crippen LogP contribution in [0.3, 0.4) is 0 Å². The summed E-state index contributed by atoms with van der Waals surface area (Å²) in [6.45, 7) is 0. The van der Waals surface area contributed by atoms with Gasteiger partial charge in [-0.05, 0) is 25.0 Å². The van der Waals surface area contributed by atoms with E-state index in [2.05, 4.69) is 0 Å². The zero-order chi connectivity index (χ0) is 12.5. The van der Waals surface area contributed by atoms with E-state index >= 15 is 0 Å². The third kappa shape index (κ3) is 2.54. The highest BCUT2D eigenvalue weighted by Crippen LogP contribution is 2.43. The molecule has 0 unspecified atom stereocenters. The number of halogens is 2. The Hall–Kier alpha value is -0.440. The van der Waals surface area contributed by atoms with Gasteiger partial charge in [0.1, 0.15) is 5.75 Å². The van der Waals surface area contributed by atoms with E-state index in [1.165, 1.54) is 6.42 Å². The van der Waals surface area contributed by atoms with Crippen molar-refractivity contribution in [3.8, 4) is 5.75 Å². The smallest absolute Gasteiger partial charge is 0.142 e. The van der Waals surface area contributed by atoms with Gasteiger partial charge in [-0.3, -0.25) is 0 Å². The molecule has 0 bridgehead atoms. The molecule has 0 heterocycles. The molecule has 4 heteroatoms. The molecule has 2 nitrogen and oxygen atoms in total. The second-order valence-electron chi connectivity index (χ2n) is 4.69. The summed E-state index contributed by atoms with van der Waals surface area (Å²) in [6, 6.07) is 3.58. The minimum Gasteiger partial charge on any atom is -0.495 e. The maximum absolute atomic E-state index is 6.50. The number of hydrogen-bond donors (Lipinski definition) is 1. The Morgan fingerprint density at radius 3 is 2.41 bits per heavy atom. The molecular formula is C13H17Cl2NO. The topological polar surface area (TPSA) is 35.2 Å². The summed E-state index contributed by atoms with van der Waals surface area (Å²) in [5, 5.41) is 1.14. The first-order chi connectivity index (χ1) is 8.07. The number of ether oxygens (including phenoxy) is 1. The van der Waals surface area contributed by atoms with E-state index in [1.807, 2.05) is 6.07 Å². The van der Waals surface area contributed by atoms with Gasteiger partial charge in [-0.1, -0.05) is 42.5 Å². The molecule has 1 aliphatic carbocycles. The van der Waals surface area contributed by atoms with Crippen molar-refractivity contribution < 1.29 is 4.74 Å². The standard InChI is InChI=1S/C13H17Cl2NO/c1-17-12-10(7-9(14)8-11(12)15)13(16)5-3-2-4-6-13/h7-8H,2-6,16H2,1H3. The maximum atomic E-state index is 6.50. The van der Waals surface area contributed by atoms with Gasteiger partial charge in [-0.15, -0.1) is 0 Å². The highest BCUT2D eigenvalue weighted by molar-refractivity contribution is 6.35. The van der Waals surface area contributed by atoms with E-state index in [0.29, 0.717) is 15.8 Å². The monoisotopic (exact) mass is 273 g/mol. The molecule has 0 saturated heterocycles. The zero-order valence-electron chi connectivity index (χ0n) is 9.93. The fourth-order valence-corrected chi connectivity index (χ4v) is 3.16. The summed E-state index contributed by atoms with van der Waals surface area (Å²) in [6.07, 6.45) is 5.45. The van der Waals surface area contributed by atoms with Crippen LogP contribution in [0.15, 0.2) is 12.1 Å². The first-order valence-electron chi connectivity index (χ1n) is 5.89. The fourth-order valence-electron chi connectivity index (χ4n) is 2.59. The molecule has 0 radical (unpaired) electrons. The van der Waals surface area contributed by atoms with Crippen LogP contribution in [-0.2, 0) is 5.54 Å². The Morgan fingerprint density at radius 2 is 1.82 bits per heavy atom. The highest BCUT2D eigenvalue weighted by atomic mass is 35.5. The van der Waals surface area contributed by atoms with Crippen molar-refractivity contribution >= 4 is 23.2 Å². The lowest BCUT2D eigenvalue weighted by Crippen LogP contribution is -2.39. The number of rotatable bonds is 2. The Bertz CT molecular complexity index is 414. The van der Waals surface area contributed by atoms with E-state index in [4.69, 9.17) is 33.7 Å². The Morgan fingerprint density at radius 1 is 1.18 bits per heavy atom. The highest BCUT2D eigenvalue weighted by Gasteiger charge is 2.33. The third-order valence-corrected chi connectivity index (χ3v) is 3.99. The molecule has 1 saturated carbocycles. The van der Waals surface area contributed by atoms with E-state index in [0.717, 1.165) is 31.2 Å². The van der Waals surface area contributed by atoms with Crippen molar-refractivity contribution in [2.24, 2.45) is 5.73 Å². The number of hydrogen-bond acceptors (Lipinski definition) is 2. The van der Waals surface area contributed by atoms with E-state index < -0.39 is 0 Å². The molecule has 1 aromatic rings. The lowest BCUT2D eigenvalue weighted by Gasteiger charge is -2.35. The van der Waals surface area contributed by atoms with Crippen LogP contribution in [0, 0.1) is 0 Å². The number of nitrogens with two attached hydrogens (primary N) is 1. The van der Waals surface area contributed by atoms with Gasteiger partial charge in [0.15, 0.2) is 0 Å². The Kier molecular flexibility index (Phi) is 3.86. The molecule has 0 atom stereocenters. The van der Waals surface area contributed by atoms with E-state index in [1.54, 1.807) is 13.2 Å². The van der Waals surface area contributed by atoms with Gasteiger partial charge in [-0.2, -0.15) is 0 Å². The van der Waals surface area contributed by atoms with Crippen LogP contribution in [-0.4, -0.2) is 7.11 Å². The molecule has 2 rings (SSSR count). The van der Waals surface area contributed by atoms with E-state index in [-0.39, 0.29) is 5.54 Å². The van der Waals surface area contributed by atoms with Crippen molar-refractivity contribution in [1.82, 2.24) is 0 Å². The van der Waals surface area contributed by atoms with Crippen LogP contribution in [0.2, 0.25) is 10.0 Å². The summed E-state index contributed by atoms with van der Waals surface area (Å²) in [5.41, 5.74) is 7.09. The van der Waals surface area contributed by atoms with Gasteiger partial charge in [0.25, 0.3) is 0 Å². The number of methoxy groups -OCH3 is 1. The molecule has 17 heavy (non-hydrogen) atoms. The molecule has 1 aromatic carbocycles. The lowest BCUT2D eigenvalue weighted by molar-refractivity contribution is 0.289. The first kappa shape index (κ1) is 13.0. The second-order valence-corrected chi connectivity index (χ2v) is 5.53. The molecule has 1 fully saturated rings. The average molecular weight is 274 g/mol. The SMILES string of the molecule is COc1c(Cl)cc(Cl)cc1C1(N)CCCCC1. The molecule has 0 aromatic heterocycles. The first-order valence-corrected chi connectivity index (χ1v) is 6.65. The molecule has 2 N–H and O–H groups in total. The van der Waals surface area contributed by atoms with Crippen LogP contribution in [0.1, 0.15) is 37.7 Å². The fraction of sp³-hybridized carbons (Fsp3) is 0.538. The predicted molar refractivity (Wildman–Crippen MR) is 72.0 cm³/mol. The van der Waals surface area contributed by atoms with E-state index in [9.17, 15) is 0 Å². The largest absolute Gasteiger partial charge is 0.495 e. The maximum Gasteiger partial charge on any atom is 0.142 e. The van der Waals surface area contributed by atoms with Crippen molar-refractivity contribution in [1.29, 1.82) is 0 Å². The average Bonchev–Trinajstić information content (AvgIpc) is 2.29. The van der Waals surface area contributed by atoms with Crippen LogP contribution >= 0.6 is 23.2 Å².